The number of carbonyl (C=O) groups excluding carboxylic acids is 1. The molecule has 1 aliphatic heterocycles. The van der Waals surface area contributed by atoms with Gasteiger partial charge in [0.15, 0.2) is 0 Å². The molecular formula is C22H24F2N2O2S. The van der Waals surface area contributed by atoms with Crippen molar-refractivity contribution in [3.05, 3.63) is 59.7 Å². The van der Waals surface area contributed by atoms with Gasteiger partial charge in [-0.3, -0.25) is 4.79 Å². The normalized spacial score (nSPS) is 27.1. The monoisotopic (exact) mass is 418 g/mol. The Kier molecular flexibility index (Phi) is 5.53. The summed E-state index contributed by atoms with van der Waals surface area (Å²) in [7, 11) is -1.12. The van der Waals surface area contributed by atoms with Gasteiger partial charge in [0.25, 0.3) is 0 Å². The van der Waals surface area contributed by atoms with Crippen LogP contribution in [0.2, 0.25) is 0 Å². The predicted molar refractivity (Wildman–Crippen MR) is 109 cm³/mol. The summed E-state index contributed by atoms with van der Waals surface area (Å²) in [5, 5.41) is 0. The van der Waals surface area contributed by atoms with Gasteiger partial charge in [-0.25, -0.2) is 17.7 Å². The average molecular weight is 419 g/mol. The van der Waals surface area contributed by atoms with Crippen LogP contribution in [-0.2, 0) is 15.8 Å². The van der Waals surface area contributed by atoms with Crippen LogP contribution < -0.4 is 4.72 Å². The third-order valence-corrected chi connectivity index (χ3v) is 6.69. The zero-order chi connectivity index (χ0) is 20.7. The van der Waals surface area contributed by atoms with Gasteiger partial charge in [-0.1, -0.05) is 30.3 Å². The first kappa shape index (κ1) is 20.2. The van der Waals surface area contributed by atoms with Crippen LogP contribution in [-0.4, -0.2) is 39.9 Å². The highest BCUT2D eigenvalue weighted by Gasteiger charge is 2.49. The first-order chi connectivity index (χ1) is 13.9. The number of likely N-dealkylation sites (tertiary alicyclic amines) is 1. The van der Waals surface area contributed by atoms with Gasteiger partial charge in [0.1, 0.15) is 11.6 Å². The highest BCUT2D eigenvalue weighted by molar-refractivity contribution is 7.82. The fourth-order valence-corrected chi connectivity index (χ4v) is 5.19. The zero-order valence-corrected chi connectivity index (χ0v) is 17.2. The van der Waals surface area contributed by atoms with Gasteiger partial charge in [-0.15, -0.1) is 0 Å². The molecule has 2 aliphatic rings. The lowest BCUT2D eigenvalue weighted by Gasteiger charge is -2.25. The van der Waals surface area contributed by atoms with Crippen LogP contribution in [0.4, 0.5) is 8.78 Å². The molecule has 0 bridgehead atoms. The number of carbonyl (C=O) groups is 1. The lowest BCUT2D eigenvalue weighted by Crippen LogP contribution is -2.43. The van der Waals surface area contributed by atoms with Gasteiger partial charge in [0, 0.05) is 30.8 Å². The van der Waals surface area contributed by atoms with Crippen molar-refractivity contribution in [2.75, 3.05) is 12.8 Å². The molecule has 0 radical (unpaired) electrons. The molecule has 5 atom stereocenters. The second-order valence-electron chi connectivity index (χ2n) is 7.87. The highest BCUT2D eigenvalue weighted by Crippen LogP contribution is 2.52. The molecule has 4 rings (SSSR count). The fourth-order valence-electron chi connectivity index (χ4n) is 4.45. The van der Waals surface area contributed by atoms with E-state index in [9.17, 15) is 17.8 Å². The Balaban J connectivity index is 1.55. The molecule has 1 N–H and O–H groups in total. The summed E-state index contributed by atoms with van der Waals surface area (Å²) in [5.41, 5.74) is 1.29. The van der Waals surface area contributed by atoms with E-state index in [2.05, 4.69) is 4.72 Å². The van der Waals surface area contributed by atoms with Gasteiger partial charge < -0.3 is 4.90 Å². The second kappa shape index (κ2) is 7.95. The Bertz CT molecular complexity index is 947. The van der Waals surface area contributed by atoms with Crippen molar-refractivity contribution in [2.24, 2.45) is 5.92 Å². The Morgan fingerprint density at radius 3 is 2.52 bits per heavy atom. The average Bonchev–Trinajstić information content (AvgIpc) is 3.40. The molecule has 0 spiro atoms. The number of hydrogen-bond acceptors (Lipinski definition) is 2. The van der Waals surface area contributed by atoms with Crippen LogP contribution >= 0.6 is 0 Å². The van der Waals surface area contributed by atoms with Crippen molar-refractivity contribution in [3.63, 3.8) is 0 Å². The maximum Gasteiger partial charge on any atom is 0.226 e. The Morgan fingerprint density at radius 1 is 1.14 bits per heavy atom. The van der Waals surface area contributed by atoms with Gasteiger partial charge in [-0.05, 0) is 48.9 Å². The van der Waals surface area contributed by atoms with Crippen molar-refractivity contribution in [2.45, 2.75) is 37.8 Å². The molecular weight excluding hydrogens is 394 g/mol. The van der Waals surface area contributed by atoms with Crippen LogP contribution in [0.1, 0.15) is 31.2 Å². The van der Waals surface area contributed by atoms with E-state index in [1.807, 2.05) is 24.0 Å². The summed E-state index contributed by atoms with van der Waals surface area (Å²) >= 11 is 0. The molecule has 2 aromatic carbocycles. The van der Waals surface area contributed by atoms with E-state index >= 15 is 0 Å². The second-order valence-corrected chi connectivity index (χ2v) is 9.02. The summed E-state index contributed by atoms with van der Waals surface area (Å²) < 4.78 is 43.2. The first-order valence-electron chi connectivity index (χ1n) is 9.82. The maximum atomic E-state index is 14.4. The van der Waals surface area contributed by atoms with Crippen molar-refractivity contribution in [1.29, 1.82) is 0 Å². The van der Waals surface area contributed by atoms with E-state index < -0.39 is 22.6 Å². The molecule has 1 saturated heterocycles. The number of amides is 1. The van der Waals surface area contributed by atoms with E-state index in [4.69, 9.17) is 0 Å². The number of nitrogens with zero attached hydrogens (tertiary/aromatic N) is 1. The van der Waals surface area contributed by atoms with E-state index in [0.29, 0.717) is 18.5 Å². The molecule has 2 aromatic rings. The minimum Gasteiger partial charge on any atom is -0.338 e. The van der Waals surface area contributed by atoms with Crippen LogP contribution in [0.15, 0.2) is 42.5 Å². The van der Waals surface area contributed by atoms with Gasteiger partial charge in [0.05, 0.1) is 16.5 Å². The number of halogens is 2. The van der Waals surface area contributed by atoms with Crippen molar-refractivity contribution in [1.82, 2.24) is 9.62 Å². The van der Waals surface area contributed by atoms with E-state index in [-0.39, 0.29) is 35.4 Å². The van der Waals surface area contributed by atoms with E-state index in [0.717, 1.165) is 12.0 Å². The van der Waals surface area contributed by atoms with Crippen LogP contribution in [0.3, 0.4) is 0 Å². The SMILES string of the molecule is CC1C(NS(C)=O)CCN1C(=O)[C@@H]1C[C@H]1c1ccccc1-c1c(F)cccc1F. The van der Waals surface area contributed by atoms with E-state index in [1.165, 1.54) is 18.2 Å². The Labute approximate surface area is 171 Å². The van der Waals surface area contributed by atoms with Gasteiger partial charge in [-0.2, -0.15) is 0 Å². The summed E-state index contributed by atoms with van der Waals surface area (Å²) in [6, 6.07) is 11.0. The fraction of sp³-hybridized carbons (Fsp3) is 0.409. The summed E-state index contributed by atoms with van der Waals surface area (Å²) in [4.78, 5) is 14.9. The number of benzene rings is 2. The number of rotatable bonds is 5. The topological polar surface area (TPSA) is 49.4 Å². The van der Waals surface area contributed by atoms with Crippen LogP contribution in [0, 0.1) is 17.6 Å². The van der Waals surface area contributed by atoms with E-state index in [1.54, 1.807) is 18.4 Å². The molecule has 0 aromatic heterocycles. The quantitative estimate of drug-likeness (QED) is 0.807. The predicted octanol–water partition coefficient (Wildman–Crippen LogP) is 3.61. The number of hydrogen-bond donors (Lipinski definition) is 1. The van der Waals surface area contributed by atoms with Gasteiger partial charge in [0.2, 0.25) is 5.91 Å². The maximum absolute atomic E-state index is 14.4. The minimum absolute atomic E-state index is 0.0155. The lowest BCUT2D eigenvalue weighted by atomic mass is 9.95. The summed E-state index contributed by atoms with van der Waals surface area (Å²) in [5.74, 6) is -1.36. The largest absolute Gasteiger partial charge is 0.338 e. The lowest BCUT2D eigenvalue weighted by molar-refractivity contribution is -0.133. The highest BCUT2D eigenvalue weighted by atomic mass is 32.2. The smallest absolute Gasteiger partial charge is 0.226 e. The van der Waals surface area contributed by atoms with Crippen molar-refractivity contribution in [3.8, 4) is 11.1 Å². The third kappa shape index (κ3) is 3.85. The molecule has 29 heavy (non-hydrogen) atoms. The van der Waals surface area contributed by atoms with Gasteiger partial charge >= 0.3 is 0 Å². The third-order valence-electron chi connectivity index (χ3n) is 6.06. The molecule has 7 heteroatoms. The molecule has 4 nitrogen and oxygen atoms in total. The number of nitrogens with one attached hydrogen (secondary N) is 1. The molecule has 3 unspecified atom stereocenters. The molecule has 2 fully saturated rings. The van der Waals surface area contributed by atoms with Crippen LogP contribution in [0.5, 0.6) is 0 Å². The molecule has 1 aliphatic carbocycles. The molecule has 154 valence electrons. The van der Waals surface area contributed by atoms with Crippen molar-refractivity contribution >= 4 is 16.9 Å². The Morgan fingerprint density at radius 2 is 1.83 bits per heavy atom. The van der Waals surface area contributed by atoms with Crippen LogP contribution in [0.25, 0.3) is 11.1 Å². The molecule has 1 heterocycles. The molecule has 1 saturated carbocycles. The molecule has 1 amide bonds. The summed E-state index contributed by atoms with van der Waals surface area (Å²) in [6.45, 7) is 2.59. The van der Waals surface area contributed by atoms with Crippen molar-refractivity contribution < 1.29 is 17.8 Å². The zero-order valence-electron chi connectivity index (χ0n) is 16.4. The first-order valence-corrected chi connectivity index (χ1v) is 11.4. The standard InChI is InChI=1S/C22H24F2N2O2S/c1-13-20(25-29(2)28)10-11-26(13)22(27)17-12-16(17)14-6-3-4-7-15(14)21-18(23)8-5-9-19(21)24/h3-9,13,16-17,20,25H,10-12H2,1-2H3/t13?,16-,17+,20?,29?/m0/s1. The minimum atomic E-state index is -1.12. The summed E-state index contributed by atoms with van der Waals surface area (Å²) in [6.07, 6.45) is 3.03. The Hall–Kier alpha value is -2.12.